The molecule has 2 nitrogen and oxygen atoms in total. The largest absolute Gasteiger partial charge is 0.330 e. The Balaban J connectivity index is 2.87. The summed E-state index contributed by atoms with van der Waals surface area (Å²) in [6.45, 7) is 0.823. The van der Waals surface area contributed by atoms with Crippen molar-refractivity contribution in [1.82, 2.24) is 0 Å². The van der Waals surface area contributed by atoms with Crippen molar-refractivity contribution in [2.45, 2.75) is 51.4 Å². The molecule has 0 heterocycles. The number of halogens is 1. The van der Waals surface area contributed by atoms with Crippen LogP contribution in [0.2, 0.25) is 0 Å². The Morgan fingerprint density at radius 2 is 1.38 bits per heavy atom. The van der Waals surface area contributed by atoms with Gasteiger partial charge in [0.1, 0.15) is 0 Å². The Hall–Kier alpha value is 0.360. The van der Waals surface area contributed by atoms with Gasteiger partial charge in [0.05, 0.1) is 0 Å². The van der Waals surface area contributed by atoms with Crippen molar-refractivity contribution in [3.05, 3.63) is 0 Å². The minimum Gasteiger partial charge on any atom is -0.330 e. The summed E-state index contributed by atoms with van der Waals surface area (Å²) in [7, 11) is 0. The predicted octanol–water partition coefficient (Wildman–Crippen LogP) is 3.03. The molecule has 0 fully saturated rings. The van der Waals surface area contributed by atoms with Crippen molar-refractivity contribution in [3.8, 4) is 0 Å². The molecule has 2 N–H and O–H groups in total. The molecule has 0 spiro atoms. The van der Waals surface area contributed by atoms with Crippen LogP contribution in [0.1, 0.15) is 51.4 Å². The minimum atomic E-state index is 0.292. The Morgan fingerprint density at radius 1 is 0.923 bits per heavy atom. The highest BCUT2D eigenvalue weighted by molar-refractivity contribution is 14.1. The molecule has 0 radical (unpaired) electrons. The van der Waals surface area contributed by atoms with E-state index >= 15 is 0 Å². The third-order valence-corrected chi connectivity index (χ3v) is 2.62. The van der Waals surface area contributed by atoms with Crippen LogP contribution in [-0.2, 0) is 4.79 Å². The van der Waals surface area contributed by atoms with E-state index in [9.17, 15) is 4.79 Å². The first kappa shape index (κ1) is 13.4. The molecule has 0 aromatic heterocycles. The van der Waals surface area contributed by atoms with Crippen molar-refractivity contribution in [1.29, 1.82) is 0 Å². The first-order chi connectivity index (χ1) is 6.27. The zero-order valence-corrected chi connectivity index (χ0v) is 10.4. The van der Waals surface area contributed by atoms with Crippen molar-refractivity contribution < 1.29 is 4.79 Å². The molecule has 0 unspecified atom stereocenters. The van der Waals surface area contributed by atoms with Gasteiger partial charge < -0.3 is 5.73 Å². The summed E-state index contributed by atoms with van der Waals surface area (Å²) in [4.78, 5) is 10.6. The number of carbonyl (C=O) groups excluding carboxylic acids is 1. The quantitative estimate of drug-likeness (QED) is 0.404. The summed E-state index contributed by atoms with van der Waals surface area (Å²) in [6.07, 6.45) is 9.33. The van der Waals surface area contributed by atoms with Gasteiger partial charge in [0.25, 0.3) is 0 Å². The maximum atomic E-state index is 10.6. The second-order valence-corrected chi connectivity index (χ2v) is 4.57. The van der Waals surface area contributed by atoms with E-state index in [1.807, 2.05) is 22.6 Å². The van der Waals surface area contributed by atoms with Crippen LogP contribution >= 0.6 is 22.6 Å². The average molecular weight is 297 g/mol. The second-order valence-electron chi connectivity index (χ2n) is 3.37. The van der Waals surface area contributed by atoms with E-state index in [2.05, 4.69) is 0 Å². The molecular formula is C10H20INO. The maximum absolute atomic E-state index is 10.6. The molecule has 0 aliphatic carbocycles. The number of nitrogens with two attached hydrogens (primary N) is 1. The molecule has 0 amide bonds. The lowest BCUT2D eigenvalue weighted by molar-refractivity contribution is -0.109. The Morgan fingerprint density at radius 3 is 1.85 bits per heavy atom. The van der Waals surface area contributed by atoms with Gasteiger partial charge in [-0.3, -0.25) is 4.79 Å². The lowest BCUT2D eigenvalue weighted by atomic mass is 10.1. The summed E-state index contributed by atoms with van der Waals surface area (Å²) >= 11 is 1.87. The van der Waals surface area contributed by atoms with Crippen LogP contribution in [0.3, 0.4) is 0 Å². The molecule has 0 aliphatic rings. The van der Waals surface area contributed by atoms with Crippen LogP contribution in [0.15, 0.2) is 0 Å². The van der Waals surface area contributed by atoms with Gasteiger partial charge in [-0.2, -0.15) is 0 Å². The van der Waals surface area contributed by atoms with Crippen LogP contribution < -0.4 is 5.73 Å². The highest BCUT2D eigenvalue weighted by Crippen LogP contribution is 2.09. The summed E-state index contributed by atoms with van der Waals surface area (Å²) in [6, 6.07) is 0. The third-order valence-electron chi connectivity index (χ3n) is 2.08. The van der Waals surface area contributed by atoms with Crippen molar-refractivity contribution in [2.75, 3.05) is 6.54 Å². The summed E-state index contributed by atoms with van der Waals surface area (Å²) in [5.41, 5.74) is 5.39. The summed E-state index contributed by atoms with van der Waals surface area (Å²) < 4.78 is 0.292. The molecule has 0 atom stereocenters. The van der Waals surface area contributed by atoms with Crippen LogP contribution in [-0.4, -0.2) is 10.3 Å². The molecule has 0 aliphatic heterocycles. The van der Waals surface area contributed by atoms with Crippen LogP contribution in [0.4, 0.5) is 0 Å². The minimum absolute atomic E-state index is 0.292. The Bertz CT molecular complexity index is 128. The zero-order chi connectivity index (χ0) is 9.94. The Labute approximate surface area is 94.8 Å². The molecule has 3 heteroatoms. The molecule has 0 saturated carbocycles. The predicted molar refractivity (Wildman–Crippen MR) is 65.0 cm³/mol. The number of rotatable bonds is 9. The summed E-state index contributed by atoms with van der Waals surface area (Å²) in [5.74, 6) is 0. The van der Waals surface area contributed by atoms with E-state index in [4.69, 9.17) is 5.73 Å². The molecule has 78 valence electrons. The van der Waals surface area contributed by atoms with Crippen LogP contribution in [0, 0.1) is 0 Å². The maximum Gasteiger partial charge on any atom is 0.192 e. The molecular weight excluding hydrogens is 277 g/mol. The van der Waals surface area contributed by atoms with Crippen molar-refractivity contribution in [2.24, 2.45) is 5.73 Å². The normalized spacial score (nSPS) is 10.3. The van der Waals surface area contributed by atoms with Crippen LogP contribution in [0.25, 0.3) is 0 Å². The van der Waals surface area contributed by atoms with Gasteiger partial charge in [0.15, 0.2) is 3.79 Å². The molecule has 13 heavy (non-hydrogen) atoms. The highest BCUT2D eigenvalue weighted by Gasteiger charge is 1.95. The van der Waals surface area contributed by atoms with E-state index in [0.29, 0.717) is 3.79 Å². The number of carbonyl (C=O) groups is 1. The van der Waals surface area contributed by atoms with Crippen molar-refractivity contribution in [3.63, 3.8) is 0 Å². The van der Waals surface area contributed by atoms with Gasteiger partial charge in [-0.25, -0.2) is 0 Å². The standard InChI is InChI=1S/C10H20INO/c11-10(13)8-6-4-2-1-3-5-7-9-12/h1-9,12H2. The van der Waals surface area contributed by atoms with E-state index in [-0.39, 0.29) is 0 Å². The van der Waals surface area contributed by atoms with E-state index in [0.717, 1.165) is 25.8 Å². The van der Waals surface area contributed by atoms with Gasteiger partial charge >= 0.3 is 0 Å². The smallest absolute Gasteiger partial charge is 0.192 e. The van der Waals surface area contributed by atoms with Gasteiger partial charge in [-0.05, 0) is 42.0 Å². The lowest BCUT2D eigenvalue weighted by Gasteiger charge is -1.99. The third kappa shape index (κ3) is 12.4. The van der Waals surface area contributed by atoms with E-state index in [1.54, 1.807) is 0 Å². The van der Waals surface area contributed by atoms with Gasteiger partial charge in [-0.1, -0.05) is 32.1 Å². The topological polar surface area (TPSA) is 43.1 Å². The molecule has 0 bridgehead atoms. The molecule has 0 aromatic carbocycles. The molecule has 0 aromatic rings. The monoisotopic (exact) mass is 297 g/mol. The first-order valence-electron chi connectivity index (χ1n) is 5.15. The van der Waals surface area contributed by atoms with Gasteiger partial charge in [-0.15, -0.1) is 0 Å². The lowest BCUT2D eigenvalue weighted by Crippen LogP contribution is -1.97. The van der Waals surface area contributed by atoms with Gasteiger partial charge in [0.2, 0.25) is 0 Å². The fourth-order valence-electron chi connectivity index (χ4n) is 1.29. The number of hydrogen-bond acceptors (Lipinski definition) is 2. The average Bonchev–Trinajstić information content (AvgIpc) is 2.09. The first-order valence-corrected chi connectivity index (χ1v) is 6.23. The van der Waals surface area contributed by atoms with Crippen LogP contribution in [0.5, 0.6) is 0 Å². The fraction of sp³-hybridized carbons (Fsp3) is 0.900. The summed E-state index contributed by atoms with van der Waals surface area (Å²) in [5, 5.41) is 0. The van der Waals surface area contributed by atoms with Crippen molar-refractivity contribution >= 4 is 26.4 Å². The second kappa shape index (κ2) is 10.4. The number of hydrogen-bond donors (Lipinski definition) is 1. The molecule has 0 saturated heterocycles. The molecule has 0 rings (SSSR count). The van der Waals surface area contributed by atoms with Gasteiger partial charge in [0, 0.05) is 6.42 Å². The van der Waals surface area contributed by atoms with E-state index in [1.165, 1.54) is 32.1 Å². The fourth-order valence-corrected chi connectivity index (χ4v) is 1.67. The van der Waals surface area contributed by atoms with E-state index < -0.39 is 0 Å². The SMILES string of the molecule is NCCCCCCCCCC(=O)I. The Kier molecular flexibility index (Phi) is 10.7. The number of unbranched alkanes of at least 4 members (excludes halogenated alkanes) is 6. The zero-order valence-electron chi connectivity index (χ0n) is 8.23. The highest BCUT2D eigenvalue weighted by atomic mass is 127.